The van der Waals surface area contributed by atoms with E-state index in [4.69, 9.17) is 4.42 Å². The summed E-state index contributed by atoms with van der Waals surface area (Å²) < 4.78 is 7.08. The van der Waals surface area contributed by atoms with E-state index >= 15 is 0 Å². The third kappa shape index (κ3) is 6.15. The van der Waals surface area contributed by atoms with Crippen molar-refractivity contribution >= 4 is 15.9 Å². The van der Waals surface area contributed by atoms with Gasteiger partial charge in [0.2, 0.25) is 0 Å². The molecule has 0 amide bonds. The summed E-state index contributed by atoms with van der Waals surface area (Å²) in [4.78, 5) is 0. The Balaban J connectivity index is 1.71. The van der Waals surface area contributed by atoms with Crippen LogP contribution in [0.1, 0.15) is 56.8 Å². The van der Waals surface area contributed by atoms with Crippen molar-refractivity contribution in [1.29, 1.82) is 0 Å². The zero-order valence-corrected chi connectivity index (χ0v) is 15.9. The van der Waals surface area contributed by atoms with Crippen LogP contribution in [-0.4, -0.2) is 6.54 Å². The fraction of sp³-hybridized carbons (Fsp3) is 0.500. The Morgan fingerprint density at radius 2 is 1.78 bits per heavy atom. The summed E-state index contributed by atoms with van der Waals surface area (Å²) >= 11 is 3.54. The number of unbranched alkanes of at least 4 members (excludes halogenated alkanes) is 5. The maximum atomic E-state index is 5.95. The van der Waals surface area contributed by atoms with Crippen LogP contribution >= 0.6 is 15.9 Å². The first kappa shape index (κ1) is 18.3. The predicted molar refractivity (Wildman–Crippen MR) is 102 cm³/mol. The van der Waals surface area contributed by atoms with Crippen molar-refractivity contribution in [3.63, 3.8) is 0 Å². The molecule has 3 heteroatoms. The van der Waals surface area contributed by atoms with Crippen molar-refractivity contribution < 1.29 is 4.42 Å². The van der Waals surface area contributed by atoms with Gasteiger partial charge in [0.25, 0.3) is 0 Å². The number of nitrogens with one attached hydrogen (secondary N) is 1. The van der Waals surface area contributed by atoms with Gasteiger partial charge in [0, 0.05) is 10.0 Å². The van der Waals surface area contributed by atoms with Crippen LogP contribution < -0.4 is 5.32 Å². The maximum Gasteiger partial charge on any atom is 0.134 e. The van der Waals surface area contributed by atoms with Crippen molar-refractivity contribution in [2.45, 2.75) is 58.9 Å². The zero-order valence-electron chi connectivity index (χ0n) is 14.3. The van der Waals surface area contributed by atoms with Gasteiger partial charge in [-0.1, -0.05) is 61.0 Å². The SMILES string of the molecule is CCCCCCCCNCc1ccc(-c2ccc(Br)c(C)c2)o1. The van der Waals surface area contributed by atoms with Crippen molar-refractivity contribution in [1.82, 2.24) is 5.32 Å². The molecule has 0 unspecified atom stereocenters. The Labute approximate surface area is 148 Å². The van der Waals surface area contributed by atoms with Crippen molar-refractivity contribution in [2.24, 2.45) is 0 Å². The molecule has 0 aliphatic rings. The molecule has 126 valence electrons. The quantitative estimate of drug-likeness (QED) is 0.480. The molecule has 0 radical (unpaired) electrons. The summed E-state index contributed by atoms with van der Waals surface area (Å²) in [7, 11) is 0. The molecule has 1 aromatic carbocycles. The molecule has 0 aliphatic carbocycles. The lowest BCUT2D eigenvalue weighted by Gasteiger charge is -2.04. The first-order valence-electron chi connectivity index (χ1n) is 8.76. The minimum atomic E-state index is 0.810. The van der Waals surface area contributed by atoms with Crippen LogP contribution in [0.4, 0.5) is 0 Å². The monoisotopic (exact) mass is 377 g/mol. The van der Waals surface area contributed by atoms with Gasteiger partial charge < -0.3 is 9.73 Å². The molecule has 2 nitrogen and oxygen atoms in total. The second kappa shape index (κ2) is 9.94. The van der Waals surface area contributed by atoms with E-state index < -0.39 is 0 Å². The minimum absolute atomic E-state index is 0.810. The van der Waals surface area contributed by atoms with Crippen LogP contribution in [-0.2, 0) is 6.54 Å². The van der Waals surface area contributed by atoms with Gasteiger partial charge in [-0.15, -0.1) is 0 Å². The normalized spacial score (nSPS) is 11.1. The average Bonchev–Trinajstić information content (AvgIpc) is 3.01. The third-order valence-corrected chi connectivity index (χ3v) is 5.00. The molecular weight excluding hydrogens is 350 g/mol. The summed E-state index contributed by atoms with van der Waals surface area (Å²) in [6, 6.07) is 10.4. The summed E-state index contributed by atoms with van der Waals surface area (Å²) in [5.41, 5.74) is 2.36. The van der Waals surface area contributed by atoms with E-state index in [0.717, 1.165) is 34.6 Å². The van der Waals surface area contributed by atoms with Gasteiger partial charge in [0.1, 0.15) is 11.5 Å². The Kier molecular flexibility index (Phi) is 7.90. The van der Waals surface area contributed by atoms with Crippen LogP contribution in [0.3, 0.4) is 0 Å². The summed E-state index contributed by atoms with van der Waals surface area (Å²) in [6.45, 7) is 6.23. The van der Waals surface area contributed by atoms with Crippen molar-refractivity contribution in [2.75, 3.05) is 6.54 Å². The molecule has 2 aromatic rings. The lowest BCUT2D eigenvalue weighted by atomic mass is 10.1. The summed E-state index contributed by atoms with van der Waals surface area (Å²) in [5, 5.41) is 3.48. The van der Waals surface area contributed by atoms with Gasteiger partial charge in [-0.25, -0.2) is 0 Å². The molecule has 1 aromatic heterocycles. The highest BCUT2D eigenvalue weighted by Crippen LogP contribution is 2.26. The van der Waals surface area contributed by atoms with Gasteiger partial charge in [-0.05, 0) is 49.7 Å². The van der Waals surface area contributed by atoms with E-state index in [0.29, 0.717) is 0 Å². The maximum absolute atomic E-state index is 5.95. The van der Waals surface area contributed by atoms with Crippen molar-refractivity contribution in [3.8, 4) is 11.3 Å². The molecule has 0 bridgehead atoms. The number of halogens is 1. The molecular formula is C20H28BrNO. The molecule has 0 spiro atoms. The van der Waals surface area contributed by atoms with Crippen LogP contribution in [0.2, 0.25) is 0 Å². The standard InChI is InChI=1S/C20H28BrNO/c1-3-4-5-6-7-8-13-22-15-18-10-12-20(23-18)17-9-11-19(21)16(2)14-17/h9-12,14,22H,3-8,13,15H2,1-2H3. The molecule has 23 heavy (non-hydrogen) atoms. The smallest absolute Gasteiger partial charge is 0.134 e. The molecule has 0 saturated carbocycles. The van der Waals surface area contributed by atoms with Gasteiger partial charge in [0.05, 0.1) is 6.54 Å². The molecule has 2 rings (SSSR count). The number of aryl methyl sites for hydroxylation is 1. The van der Waals surface area contributed by atoms with E-state index in [9.17, 15) is 0 Å². The Morgan fingerprint density at radius 3 is 2.57 bits per heavy atom. The molecule has 0 aliphatic heterocycles. The highest BCUT2D eigenvalue weighted by atomic mass is 79.9. The highest BCUT2D eigenvalue weighted by molar-refractivity contribution is 9.10. The lowest BCUT2D eigenvalue weighted by molar-refractivity contribution is 0.485. The third-order valence-electron chi connectivity index (χ3n) is 4.11. The van der Waals surface area contributed by atoms with Gasteiger partial charge in [0.15, 0.2) is 0 Å². The van der Waals surface area contributed by atoms with Crippen LogP contribution in [0.15, 0.2) is 39.2 Å². The fourth-order valence-electron chi connectivity index (χ4n) is 2.67. The summed E-state index contributed by atoms with van der Waals surface area (Å²) in [6.07, 6.45) is 8.01. The van der Waals surface area contributed by atoms with E-state index in [2.05, 4.69) is 65.4 Å². The van der Waals surface area contributed by atoms with Crippen LogP contribution in [0, 0.1) is 6.92 Å². The Bertz CT molecular complexity index is 591. The summed E-state index contributed by atoms with van der Waals surface area (Å²) in [5.74, 6) is 1.95. The van der Waals surface area contributed by atoms with Gasteiger partial charge in [-0.2, -0.15) is 0 Å². The zero-order chi connectivity index (χ0) is 16.5. The first-order chi connectivity index (χ1) is 11.2. The second-order valence-corrected chi connectivity index (χ2v) is 7.03. The average molecular weight is 378 g/mol. The first-order valence-corrected chi connectivity index (χ1v) is 9.56. The topological polar surface area (TPSA) is 25.2 Å². The van der Waals surface area contributed by atoms with E-state index in [1.54, 1.807) is 0 Å². The van der Waals surface area contributed by atoms with Gasteiger partial charge in [-0.3, -0.25) is 0 Å². The Hall–Kier alpha value is -1.06. The van der Waals surface area contributed by atoms with E-state index in [1.165, 1.54) is 44.1 Å². The number of hydrogen-bond acceptors (Lipinski definition) is 2. The number of furan rings is 1. The number of benzene rings is 1. The molecule has 1 heterocycles. The predicted octanol–water partition coefficient (Wildman–Crippen LogP) is 6.47. The largest absolute Gasteiger partial charge is 0.460 e. The molecule has 0 fully saturated rings. The second-order valence-electron chi connectivity index (χ2n) is 6.17. The highest BCUT2D eigenvalue weighted by Gasteiger charge is 2.06. The fourth-order valence-corrected chi connectivity index (χ4v) is 2.91. The van der Waals surface area contributed by atoms with E-state index in [1.807, 2.05) is 0 Å². The molecule has 0 saturated heterocycles. The van der Waals surface area contributed by atoms with Crippen LogP contribution in [0.25, 0.3) is 11.3 Å². The number of rotatable bonds is 10. The number of hydrogen-bond donors (Lipinski definition) is 1. The van der Waals surface area contributed by atoms with E-state index in [-0.39, 0.29) is 0 Å². The molecule has 1 N–H and O–H groups in total. The van der Waals surface area contributed by atoms with Crippen LogP contribution in [0.5, 0.6) is 0 Å². The lowest BCUT2D eigenvalue weighted by Crippen LogP contribution is -2.14. The molecule has 0 atom stereocenters. The van der Waals surface area contributed by atoms with Gasteiger partial charge >= 0.3 is 0 Å². The van der Waals surface area contributed by atoms with Crippen molar-refractivity contribution in [3.05, 3.63) is 46.1 Å². The Morgan fingerprint density at radius 1 is 1.00 bits per heavy atom. The minimum Gasteiger partial charge on any atom is -0.460 e.